The molecule has 0 aliphatic heterocycles. The van der Waals surface area contributed by atoms with E-state index in [9.17, 15) is 18.9 Å². The Labute approximate surface area is 150 Å². The summed E-state index contributed by atoms with van der Waals surface area (Å²) < 4.78 is 44.1. The zero-order valence-corrected chi connectivity index (χ0v) is 16.8. The van der Waals surface area contributed by atoms with Gasteiger partial charge in [0.05, 0.1) is 20.1 Å². The van der Waals surface area contributed by atoms with Crippen molar-refractivity contribution in [2.75, 3.05) is 14.2 Å². The van der Waals surface area contributed by atoms with Crippen LogP contribution in [0.25, 0.3) is 0 Å². The highest BCUT2D eigenvalue weighted by molar-refractivity contribution is 7.56. The fraction of sp³-hybridized carbons (Fsp3) is 0.857. The maximum atomic E-state index is 12.3. The Morgan fingerprint density at radius 1 is 1.28 bits per heavy atom. The summed E-state index contributed by atoms with van der Waals surface area (Å²) in [6.45, 7) is 3.62. The minimum atomic E-state index is -4.35. The summed E-state index contributed by atoms with van der Waals surface area (Å²) in [5, 5.41) is 0. The van der Waals surface area contributed by atoms with Crippen LogP contribution in [0.2, 0.25) is 5.82 Å². The third kappa shape index (κ3) is 7.27. The van der Waals surface area contributed by atoms with Crippen LogP contribution >= 0.6 is 15.4 Å². The van der Waals surface area contributed by atoms with E-state index in [1.54, 1.807) is 6.92 Å². The first-order valence-corrected chi connectivity index (χ1v) is 11.2. The molecule has 0 spiro atoms. The number of methoxy groups -OCH3 is 1. The van der Waals surface area contributed by atoms with Gasteiger partial charge in [-0.1, -0.05) is 19.4 Å². The third-order valence-corrected chi connectivity index (χ3v) is 6.24. The van der Waals surface area contributed by atoms with Crippen LogP contribution < -0.4 is 0 Å². The molecule has 144 valence electrons. The molecule has 25 heavy (non-hydrogen) atoms. The SMILES string of the molecule is [B][C@H]1C[C@H](/C=C/P(=O)(O)OC)[C@@H](OP(=O)(O)OC(C)CCC)[C@H]1OC. The molecule has 0 aromatic carbocycles. The standard InChI is InChI=1S/C14H27BO8P2/c1-5-6-10(2)22-25(18,19)23-13-11(7-8-24(16,17)21-4)9-12(15)14(13)20-3/h7-8,10-14H,5-6,9H2,1-4H3,(H,16,17)(H,18,19)/b8-7+/t10?,11-,12-,13+,14-/m0/s1. The van der Waals surface area contributed by atoms with Gasteiger partial charge >= 0.3 is 15.4 Å². The van der Waals surface area contributed by atoms with Crippen molar-refractivity contribution in [1.82, 2.24) is 0 Å². The largest absolute Gasteiger partial charge is 0.472 e. The van der Waals surface area contributed by atoms with Crippen molar-refractivity contribution in [2.45, 2.75) is 57.2 Å². The van der Waals surface area contributed by atoms with Crippen LogP contribution in [-0.2, 0) is 27.4 Å². The molecule has 2 radical (unpaired) electrons. The average molecular weight is 396 g/mol. The molecule has 0 aromatic heterocycles. The van der Waals surface area contributed by atoms with Crippen molar-refractivity contribution in [3.63, 3.8) is 0 Å². The van der Waals surface area contributed by atoms with Crippen molar-refractivity contribution in [3.05, 3.63) is 11.9 Å². The van der Waals surface area contributed by atoms with E-state index in [4.69, 9.17) is 21.6 Å². The number of hydrogen-bond acceptors (Lipinski definition) is 6. The van der Waals surface area contributed by atoms with Gasteiger partial charge in [0.2, 0.25) is 0 Å². The summed E-state index contributed by atoms with van der Waals surface area (Å²) in [6.07, 6.45) is 1.17. The van der Waals surface area contributed by atoms with Crippen LogP contribution in [0.4, 0.5) is 0 Å². The molecule has 0 bridgehead atoms. The summed E-state index contributed by atoms with van der Waals surface area (Å²) >= 11 is 0. The second kappa shape index (κ2) is 9.81. The van der Waals surface area contributed by atoms with Gasteiger partial charge < -0.3 is 19.0 Å². The van der Waals surface area contributed by atoms with Crippen LogP contribution in [0.15, 0.2) is 11.9 Å². The normalized spacial score (nSPS) is 33.2. The molecular weight excluding hydrogens is 369 g/mol. The highest BCUT2D eigenvalue weighted by atomic mass is 31.2. The Morgan fingerprint density at radius 2 is 1.92 bits per heavy atom. The molecule has 1 fully saturated rings. The lowest BCUT2D eigenvalue weighted by Gasteiger charge is -2.27. The van der Waals surface area contributed by atoms with Crippen LogP contribution in [0.1, 0.15) is 33.1 Å². The summed E-state index contributed by atoms with van der Waals surface area (Å²) in [7, 11) is 0.319. The zero-order chi connectivity index (χ0) is 19.3. The highest BCUT2D eigenvalue weighted by Crippen LogP contribution is 2.52. The molecule has 0 saturated heterocycles. The molecule has 1 rings (SSSR count). The van der Waals surface area contributed by atoms with Gasteiger partial charge in [0.25, 0.3) is 0 Å². The lowest BCUT2D eigenvalue weighted by Crippen LogP contribution is -2.31. The quantitative estimate of drug-likeness (QED) is 0.428. The number of hydrogen-bond donors (Lipinski definition) is 2. The Balaban J connectivity index is 2.92. The Kier molecular flexibility index (Phi) is 9.05. The third-order valence-electron chi connectivity index (χ3n) is 4.03. The van der Waals surface area contributed by atoms with Crippen LogP contribution in [-0.4, -0.2) is 50.2 Å². The summed E-state index contributed by atoms with van der Waals surface area (Å²) in [4.78, 5) is 19.5. The fourth-order valence-corrected chi connectivity index (χ4v) is 4.60. The van der Waals surface area contributed by atoms with Gasteiger partial charge in [-0.2, -0.15) is 0 Å². The van der Waals surface area contributed by atoms with E-state index in [0.29, 0.717) is 12.8 Å². The van der Waals surface area contributed by atoms with Gasteiger partial charge in [0, 0.05) is 26.0 Å². The first kappa shape index (κ1) is 23.1. The van der Waals surface area contributed by atoms with Gasteiger partial charge in [0.15, 0.2) is 0 Å². The molecule has 1 saturated carbocycles. The van der Waals surface area contributed by atoms with Crippen LogP contribution in [0.5, 0.6) is 0 Å². The first-order valence-electron chi connectivity index (χ1n) is 8.10. The van der Waals surface area contributed by atoms with Crippen molar-refractivity contribution in [2.24, 2.45) is 5.92 Å². The zero-order valence-electron chi connectivity index (χ0n) is 15.0. The average Bonchev–Trinajstić information content (AvgIpc) is 2.79. The Hall–Kier alpha value is 0.0249. The molecule has 7 atom stereocenters. The molecule has 0 aromatic rings. The Bertz CT molecular complexity index is 543. The number of phosphoric ester groups is 1. The van der Waals surface area contributed by atoms with E-state index in [1.807, 2.05) is 6.92 Å². The summed E-state index contributed by atoms with van der Waals surface area (Å²) in [6, 6.07) is 0. The van der Waals surface area contributed by atoms with Gasteiger partial charge in [-0.25, -0.2) is 4.57 Å². The molecule has 1 aliphatic carbocycles. The minimum Gasteiger partial charge on any atom is -0.379 e. The summed E-state index contributed by atoms with van der Waals surface area (Å²) in [5.74, 6) is 0.0567. The van der Waals surface area contributed by atoms with Gasteiger partial charge in [0.1, 0.15) is 6.10 Å². The molecule has 0 heterocycles. The minimum absolute atomic E-state index is 0.355. The summed E-state index contributed by atoms with van der Waals surface area (Å²) in [5.41, 5.74) is 0. The second-order valence-corrected chi connectivity index (χ2v) is 9.25. The van der Waals surface area contributed by atoms with E-state index in [2.05, 4.69) is 4.52 Å². The lowest BCUT2D eigenvalue weighted by atomic mass is 9.83. The number of phosphoric acid groups is 1. The first-order chi connectivity index (χ1) is 11.5. The predicted octanol–water partition coefficient (Wildman–Crippen LogP) is 3.01. The van der Waals surface area contributed by atoms with Crippen molar-refractivity contribution in [3.8, 4) is 0 Å². The van der Waals surface area contributed by atoms with Crippen molar-refractivity contribution >= 4 is 23.3 Å². The van der Waals surface area contributed by atoms with E-state index >= 15 is 0 Å². The molecule has 3 unspecified atom stereocenters. The van der Waals surface area contributed by atoms with Crippen LogP contribution in [0.3, 0.4) is 0 Å². The molecule has 11 heteroatoms. The van der Waals surface area contributed by atoms with E-state index in [1.165, 1.54) is 13.2 Å². The maximum absolute atomic E-state index is 12.3. The second-order valence-electron chi connectivity index (χ2n) is 6.10. The smallest absolute Gasteiger partial charge is 0.379 e. The van der Waals surface area contributed by atoms with Gasteiger partial charge in [-0.3, -0.25) is 13.6 Å². The van der Waals surface area contributed by atoms with Crippen molar-refractivity contribution < 1.29 is 37.2 Å². The maximum Gasteiger partial charge on any atom is 0.472 e. The number of rotatable bonds is 10. The van der Waals surface area contributed by atoms with Crippen molar-refractivity contribution in [1.29, 1.82) is 0 Å². The Morgan fingerprint density at radius 3 is 2.44 bits per heavy atom. The highest BCUT2D eigenvalue weighted by Gasteiger charge is 2.45. The number of ether oxygens (including phenoxy) is 1. The monoisotopic (exact) mass is 396 g/mol. The fourth-order valence-electron chi connectivity index (χ4n) is 2.85. The van der Waals surface area contributed by atoms with E-state index in [0.717, 1.165) is 19.3 Å². The molecule has 1 aliphatic rings. The van der Waals surface area contributed by atoms with E-state index in [-0.39, 0.29) is 0 Å². The lowest BCUT2D eigenvalue weighted by molar-refractivity contribution is -0.0119. The molecule has 2 N–H and O–H groups in total. The predicted molar refractivity (Wildman–Crippen MR) is 94.5 cm³/mol. The topological polar surface area (TPSA) is 112 Å². The molecule has 0 amide bonds. The van der Waals surface area contributed by atoms with Crippen LogP contribution in [0, 0.1) is 5.92 Å². The van der Waals surface area contributed by atoms with Gasteiger partial charge in [-0.15, -0.1) is 0 Å². The van der Waals surface area contributed by atoms with E-state index < -0.39 is 45.5 Å². The molecule has 8 nitrogen and oxygen atoms in total. The molecular formula is C14H27BO8P2. The van der Waals surface area contributed by atoms with Gasteiger partial charge in [-0.05, 0) is 25.6 Å².